The van der Waals surface area contributed by atoms with Crippen LogP contribution in [0.4, 0.5) is 10.5 Å². The first-order chi connectivity index (χ1) is 11.5. The molecule has 1 fully saturated rings. The van der Waals surface area contributed by atoms with Gasteiger partial charge >= 0.3 is 6.03 Å². The number of amides is 2. The molecule has 1 saturated heterocycles. The molecule has 2 amide bonds. The number of carbonyl (C=O) groups is 1. The van der Waals surface area contributed by atoms with Crippen LogP contribution in [0.2, 0.25) is 5.02 Å². The highest BCUT2D eigenvalue weighted by atomic mass is 35.5. The zero-order valence-electron chi connectivity index (χ0n) is 14.1. The maximum Gasteiger partial charge on any atom is 0.322 e. The molecule has 0 aliphatic carbocycles. The van der Waals surface area contributed by atoms with Crippen molar-refractivity contribution in [3.05, 3.63) is 50.7 Å². The summed E-state index contributed by atoms with van der Waals surface area (Å²) < 4.78 is 0. The van der Waals surface area contributed by atoms with Crippen LogP contribution < -0.4 is 5.32 Å². The predicted molar refractivity (Wildman–Crippen MR) is 102 cm³/mol. The minimum Gasteiger partial charge on any atom is -0.317 e. The number of rotatable bonds is 2. The predicted octanol–water partition coefficient (Wildman–Crippen LogP) is 6.17. The fraction of sp³-hybridized carbons (Fsp3) is 0.421. The Kier molecular flexibility index (Phi) is 5.47. The van der Waals surface area contributed by atoms with E-state index in [1.165, 1.54) is 16.2 Å². The summed E-state index contributed by atoms with van der Waals surface area (Å²) >= 11 is 8.06. The summed E-state index contributed by atoms with van der Waals surface area (Å²) in [5.74, 6) is 0. The van der Waals surface area contributed by atoms with Gasteiger partial charge in [0.1, 0.15) is 0 Å². The molecular formula is C19H23ClN2OS. The number of benzene rings is 1. The second-order valence-electron chi connectivity index (χ2n) is 6.42. The van der Waals surface area contributed by atoms with Crippen LogP contribution in [0.1, 0.15) is 47.0 Å². The Morgan fingerprint density at radius 1 is 1.21 bits per heavy atom. The standard InChI is InChI=1S/C19H23ClN2OS/c1-13-7-9-16(15(20)12-13)21-19(23)22-11-5-3-4-6-17(22)18-10-8-14(2)24-18/h7-10,12,17H,3-6,11H2,1-2H3,(H,21,23)/t17-/m1/s1. The molecule has 2 heterocycles. The molecule has 5 heteroatoms. The molecule has 1 aromatic heterocycles. The number of anilines is 1. The van der Waals surface area contributed by atoms with Crippen molar-refractivity contribution in [2.45, 2.75) is 45.6 Å². The number of hydrogen-bond donors (Lipinski definition) is 1. The number of nitrogens with zero attached hydrogens (tertiary/aromatic N) is 1. The lowest BCUT2D eigenvalue weighted by Gasteiger charge is -2.29. The molecule has 3 rings (SSSR count). The van der Waals surface area contributed by atoms with Crippen LogP contribution in [0, 0.1) is 13.8 Å². The number of thiophene rings is 1. The number of likely N-dealkylation sites (tertiary alicyclic amines) is 1. The summed E-state index contributed by atoms with van der Waals surface area (Å²) in [6, 6.07) is 10.1. The number of hydrogen-bond acceptors (Lipinski definition) is 2. The van der Waals surface area contributed by atoms with Crippen LogP contribution in [-0.4, -0.2) is 17.5 Å². The molecule has 1 aromatic carbocycles. The zero-order valence-corrected chi connectivity index (χ0v) is 15.7. The molecule has 0 radical (unpaired) electrons. The second-order valence-corrected chi connectivity index (χ2v) is 8.15. The molecule has 1 atom stereocenters. The lowest BCUT2D eigenvalue weighted by molar-refractivity contribution is 0.190. The van der Waals surface area contributed by atoms with Crippen molar-refractivity contribution in [1.82, 2.24) is 4.90 Å². The first kappa shape index (κ1) is 17.3. The van der Waals surface area contributed by atoms with Crippen molar-refractivity contribution in [3.63, 3.8) is 0 Å². The van der Waals surface area contributed by atoms with Gasteiger partial charge in [-0.1, -0.05) is 30.5 Å². The highest BCUT2D eigenvalue weighted by Gasteiger charge is 2.28. The summed E-state index contributed by atoms with van der Waals surface area (Å²) in [5, 5.41) is 3.59. The number of halogens is 1. The van der Waals surface area contributed by atoms with Crippen LogP contribution in [0.15, 0.2) is 30.3 Å². The first-order valence-electron chi connectivity index (χ1n) is 8.45. The van der Waals surface area contributed by atoms with Gasteiger partial charge < -0.3 is 10.2 Å². The third-order valence-electron chi connectivity index (χ3n) is 4.47. The zero-order chi connectivity index (χ0) is 17.1. The molecule has 3 nitrogen and oxygen atoms in total. The number of carbonyl (C=O) groups excluding carboxylic acids is 1. The van der Waals surface area contributed by atoms with E-state index in [1.54, 1.807) is 11.3 Å². The normalized spacial score (nSPS) is 18.3. The van der Waals surface area contributed by atoms with Crippen molar-refractivity contribution in [1.29, 1.82) is 0 Å². The van der Waals surface area contributed by atoms with E-state index >= 15 is 0 Å². The SMILES string of the molecule is Cc1ccc(NC(=O)N2CCCCC[C@@H]2c2ccc(C)s2)c(Cl)c1. The monoisotopic (exact) mass is 362 g/mol. The fourth-order valence-corrected chi connectivity index (χ4v) is 4.50. The fourth-order valence-electron chi connectivity index (χ4n) is 3.19. The Balaban J connectivity index is 1.81. The Bertz CT molecular complexity index is 728. The van der Waals surface area contributed by atoms with E-state index in [9.17, 15) is 4.79 Å². The van der Waals surface area contributed by atoms with E-state index < -0.39 is 0 Å². The molecule has 0 saturated carbocycles. The lowest BCUT2D eigenvalue weighted by atomic mass is 10.1. The summed E-state index contributed by atoms with van der Waals surface area (Å²) in [6.07, 6.45) is 4.41. The maximum atomic E-state index is 12.9. The van der Waals surface area contributed by atoms with Crippen molar-refractivity contribution in [3.8, 4) is 0 Å². The van der Waals surface area contributed by atoms with Crippen LogP contribution >= 0.6 is 22.9 Å². The van der Waals surface area contributed by atoms with Crippen molar-refractivity contribution >= 4 is 34.7 Å². The van der Waals surface area contributed by atoms with Gasteiger partial charge in [-0.2, -0.15) is 0 Å². The highest BCUT2D eigenvalue weighted by molar-refractivity contribution is 7.12. The Labute approximate surface area is 152 Å². The number of urea groups is 1. The molecule has 24 heavy (non-hydrogen) atoms. The minimum absolute atomic E-state index is 0.0568. The average Bonchev–Trinajstić information content (AvgIpc) is 2.83. The molecule has 1 N–H and O–H groups in total. The third kappa shape index (κ3) is 3.93. The van der Waals surface area contributed by atoms with Gasteiger partial charge in [0.2, 0.25) is 0 Å². The molecule has 1 aliphatic rings. The third-order valence-corrected chi connectivity index (χ3v) is 5.88. The quantitative estimate of drug-likeness (QED) is 0.680. The van der Waals surface area contributed by atoms with E-state index in [0.717, 1.165) is 31.4 Å². The summed E-state index contributed by atoms with van der Waals surface area (Å²) in [6.45, 7) is 4.89. The number of nitrogens with one attached hydrogen (secondary N) is 1. The van der Waals surface area contributed by atoms with Crippen molar-refractivity contribution in [2.24, 2.45) is 0 Å². The van der Waals surface area contributed by atoms with Gasteiger partial charge in [-0.25, -0.2) is 4.79 Å². The van der Waals surface area contributed by atoms with E-state index in [-0.39, 0.29) is 12.1 Å². The molecule has 1 aliphatic heterocycles. The van der Waals surface area contributed by atoms with E-state index in [1.807, 2.05) is 30.0 Å². The smallest absolute Gasteiger partial charge is 0.317 e. The van der Waals surface area contributed by atoms with E-state index in [4.69, 9.17) is 11.6 Å². The molecular weight excluding hydrogens is 340 g/mol. The summed E-state index contributed by atoms with van der Waals surface area (Å²) in [5.41, 5.74) is 1.76. The molecule has 0 spiro atoms. The first-order valence-corrected chi connectivity index (χ1v) is 9.64. The number of aryl methyl sites for hydroxylation is 2. The average molecular weight is 363 g/mol. The topological polar surface area (TPSA) is 32.3 Å². The highest BCUT2D eigenvalue weighted by Crippen LogP contribution is 2.35. The Hall–Kier alpha value is -1.52. The molecule has 0 bridgehead atoms. The Morgan fingerprint density at radius 3 is 2.75 bits per heavy atom. The van der Waals surface area contributed by atoms with Gasteiger partial charge in [-0.15, -0.1) is 11.3 Å². The van der Waals surface area contributed by atoms with Gasteiger partial charge in [0.25, 0.3) is 0 Å². The maximum absolute atomic E-state index is 12.9. The van der Waals surface area contributed by atoms with Gasteiger partial charge in [0, 0.05) is 16.3 Å². The minimum atomic E-state index is -0.0568. The van der Waals surface area contributed by atoms with Crippen molar-refractivity contribution < 1.29 is 4.79 Å². The van der Waals surface area contributed by atoms with Gasteiger partial charge in [0.05, 0.1) is 16.8 Å². The van der Waals surface area contributed by atoms with Gasteiger partial charge in [0.15, 0.2) is 0 Å². The van der Waals surface area contributed by atoms with Crippen LogP contribution in [-0.2, 0) is 0 Å². The summed E-state index contributed by atoms with van der Waals surface area (Å²) in [7, 11) is 0. The van der Waals surface area contributed by atoms with E-state index in [0.29, 0.717) is 10.7 Å². The summed E-state index contributed by atoms with van der Waals surface area (Å²) in [4.78, 5) is 17.5. The van der Waals surface area contributed by atoms with Gasteiger partial charge in [-0.3, -0.25) is 0 Å². The Morgan fingerprint density at radius 2 is 2.04 bits per heavy atom. The molecule has 2 aromatic rings. The van der Waals surface area contributed by atoms with Crippen LogP contribution in [0.25, 0.3) is 0 Å². The molecule has 128 valence electrons. The largest absolute Gasteiger partial charge is 0.322 e. The van der Waals surface area contributed by atoms with Crippen LogP contribution in [0.5, 0.6) is 0 Å². The molecule has 0 unspecified atom stereocenters. The lowest BCUT2D eigenvalue weighted by Crippen LogP contribution is -2.37. The van der Waals surface area contributed by atoms with Crippen LogP contribution in [0.3, 0.4) is 0 Å². The van der Waals surface area contributed by atoms with Gasteiger partial charge in [-0.05, 0) is 56.5 Å². The second kappa shape index (κ2) is 7.58. The van der Waals surface area contributed by atoms with E-state index in [2.05, 4.69) is 24.4 Å². The van der Waals surface area contributed by atoms with Crippen molar-refractivity contribution in [2.75, 3.05) is 11.9 Å².